The van der Waals surface area contributed by atoms with Gasteiger partial charge in [-0.25, -0.2) is 13.4 Å². The lowest BCUT2D eigenvalue weighted by Crippen LogP contribution is -2.37. The molecule has 6 nitrogen and oxygen atoms in total. The van der Waals surface area contributed by atoms with Gasteiger partial charge in [-0.15, -0.1) is 0 Å². The molecule has 7 heteroatoms. The van der Waals surface area contributed by atoms with Crippen molar-refractivity contribution >= 4 is 10.0 Å². The summed E-state index contributed by atoms with van der Waals surface area (Å²) < 4.78 is 31.7. The third kappa shape index (κ3) is 2.73. The zero-order chi connectivity index (χ0) is 13.2. The number of aromatic nitrogens is 2. The Labute approximate surface area is 107 Å². The maximum Gasteiger partial charge on any atom is 0.260 e. The molecule has 102 valence electrons. The zero-order valence-corrected chi connectivity index (χ0v) is 11.5. The van der Waals surface area contributed by atoms with Crippen LogP contribution in [0.4, 0.5) is 0 Å². The molecule has 0 aliphatic carbocycles. The molecule has 1 unspecified atom stereocenters. The highest BCUT2D eigenvalue weighted by molar-refractivity contribution is 7.89. The van der Waals surface area contributed by atoms with Crippen LogP contribution in [0.3, 0.4) is 0 Å². The van der Waals surface area contributed by atoms with Crippen LogP contribution in [0.2, 0.25) is 0 Å². The number of aryl methyl sites for hydroxylation is 1. The maximum absolute atomic E-state index is 12.4. The van der Waals surface area contributed by atoms with Crippen LogP contribution in [-0.2, 0) is 14.8 Å². The summed E-state index contributed by atoms with van der Waals surface area (Å²) in [4.78, 5) is 6.71. The highest BCUT2D eigenvalue weighted by Gasteiger charge is 2.29. The molecule has 1 aromatic rings. The monoisotopic (exact) mass is 273 g/mol. The van der Waals surface area contributed by atoms with Crippen molar-refractivity contribution in [1.29, 1.82) is 0 Å². The molecule has 0 aromatic carbocycles. The Morgan fingerprint density at radius 2 is 2.39 bits per heavy atom. The van der Waals surface area contributed by atoms with E-state index in [1.165, 1.54) is 10.5 Å². The normalized spacial score (nSPS) is 20.7. The number of nitrogens with one attached hydrogen (secondary N) is 1. The van der Waals surface area contributed by atoms with Gasteiger partial charge in [-0.1, -0.05) is 6.92 Å². The smallest absolute Gasteiger partial charge is 0.260 e. The number of imidazole rings is 1. The van der Waals surface area contributed by atoms with Gasteiger partial charge in [-0.3, -0.25) is 0 Å². The molecule has 1 saturated heterocycles. The number of aromatic amines is 1. The number of hydrogen-bond acceptors (Lipinski definition) is 4. The molecular formula is C11H19N3O3S. The Hall–Kier alpha value is -0.920. The molecule has 0 spiro atoms. The second-order valence-electron chi connectivity index (χ2n) is 4.42. The van der Waals surface area contributed by atoms with Crippen molar-refractivity contribution in [1.82, 2.24) is 14.3 Å². The Balaban J connectivity index is 2.15. The van der Waals surface area contributed by atoms with Crippen LogP contribution < -0.4 is 0 Å². The van der Waals surface area contributed by atoms with Crippen LogP contribution in [0, 0.1) is 6.92 Å². The first kappa shape index (κ1) is 13.5. The summed E-state index contributed by atoms with van der Waals surface area (Å²) in [7, 11) is -3.48. The van der Waals surface area contributed by atoms with Crippen LogP contribution in [-0.4, -0.2) is 48.5 Å². The van der Waals surface area contributed by atoms with Gasteiger partial charge in [-0.05, 0) is 19.8 Å². The topological polar surface area (TPSA) is 75.3 Å². The molecule has 1 atom stereocenters. The van der Waals surface area contributed by atoms with E-state index in [2.05, 4.69) is 9.97 Å². The molecule has 1 N–H and O–H groups in total. The number of likely N-dealkylation sites (N-methyl/N-ethyl adjacent to an activating group) is 1. The Kier molecular flexibility index (Phi) is 4.04. The van der Waals surface area contributed by atoms with Gasteiger partial charge in [0.25, 0.3) is 10.0 Å². The lowest BCUT2D eigenvalue weighted by Gasteiger charge is -2.22. The third-order valence-electron chi connectivity index (χ3n) is 3.08. The number of sulfonamides is 1. The van der Waals surface area contributed by atoms with E-state index >= 15 is 0 Å². The number of H-pyrrole nitrogens is 1. The minimum Gasteiger partial charge on any atom is -0.377 e. The zero-order valence-electron chi connectivity index (χ0n) is 10.7. The first-order chi connectivity index (χ1) is 8.54. The largest absolute Gasteiger partial charge is 0.377 e. The van der Waals surface area contributed by atoms with Crippen molar-refractivity contribution in [3.63, 3.8) is 0 Å². The molecule has 1 fully saturated rings. The second kappa shape index (κ2) is 5.38. The maximum atomic E-state index is 12.4. The molecule has 2 rings (SSSR count). The Morgan fingerprint density at radius 1 is 1.61 bits per heavy atom. The van der Waals surface area contributed by atoms with Crippen LogP contribution in [0.1, 0.15) is 25.6 Å². The van der Waals surface area contributed by atoms with E-state index in [0.717, 1.165) is 19.4 Å². The van der Waals surface area contributed by atoms with E-state index < -0.39 is 10.0 Å². The van der Waals surface area contributed by atoms with Crippen molar-refractivity contribution in [2.24, 2.45) is 0 Å². The predicted molar refractivity (Wildman–Crippen MR) is 66.7 cm³/mol. The number of hydrogen-bond donors (Lipinski definition) is 1. The highest BCUT2D eigenvalue weighted by Crippen LogP contribution is 2.18. The predicted octanol–water partition coefficient (Wildman–Crippen LogP) is 0.908. The number of nitrogens with zero attached hydrogens (tertiary/aromatic N) is 2. The van der Waals surface area contributed by atoms with Gasteiger partial charge in [0.15, 0.2) is 5.03 Å². The van der Waals surface area contributed by atoms with Gasteiger partial charge in [0, 0.05) is 19.7 Å². The summed E-state index contributed by atoms with van der Waals surface area (Å²) in [6, 6.07) is 0. The number of ether oxygens (including phenoxy) is 1. The SMILES string of the molecule is CCN(CC1CCCO1)S(=O)(=O)c1cnc(C)[nH]1. The van der Waals surface area contributed by atoms with Gasteiger partial charge in [0.2, 0.25) is 0 Å². The highest BCUT2D eigenvalue weighted by atomic mass is 32.2. The first-order valence-corrected chi connectivity index (χ1v) is 7.61. The first-order valence-electron chi connectivity index (χ1n) is 6.17. The van der Waals surface area contributed by atoms with Crippen LogP contribution in [0.15, 0.2) is 11.2 Å². The van der Waals surface area contributed by atoms with E-state index in [-0.39, 0.29) is 11.1 Å². The fraction of sp³-hybridized carbons (Fsp3) is 0.727. The molecule has 0 amide bonds. The molecule has 0 saturated carbocycles. The Morgan fingerprint density at radius 3 is 2.89 bits per heavy atom. The van der Waals surface area contributed by atoms with Crippen molar-refractivity contribution in [3.05, 3.63) is 12.0 Å². The van der Waals surface area contributed by atoms with Crippen LogP contribution >= 0.6 is 0 Å². The summed E-state index contributed by atoms with van der Waals surface area (Å²) in [5, 5.41) is 0.153. The average molecular weight is 273 g/mol. The average Bonchev–Trinajstić information content (AvgIpc) is 2.96. The van der Waals surface area contributed by atoms with Gasteiger partial charge < -0.3 is 9.72 Å². The molecule has 1 aromatic heterocycles. The van der Waals surface area contributed by atoms with Crippen molar-refractivity contribution in [3.8, 4) is 0 Å². The fourth-order valence-electron chi connectivity index (χ4n) is 2.08. The summed E-state index contributed by atoms with van der Waals surface area (Å²) in [6.45, 7) is 5.13. The standard InChI is InChI=1S/C11H19N3O3S/c1-3-14(8-10-5-4-6-17-10)18(15,16)11-7-12-9(2)13-11/h7,10H,3-6,8H2,1-2H3,(H,12,13). The van der Waals surface area contributed by atoms with Gasteiger partial charge in [0.05, 0.1) is 12.3 Å². The molecule has 0 radical (unpaired) electrons. The Bertz CT molecular complexity index is 491. The second-order valence-corrected chi connectivity index (χ2v) is 6.33. The fourth-order valence-corrected chi connectivity index (χ4v) is 3.52. The summed E-state index contributed by atoms with van der Waals surface area (Å²) in [6.07, 6.45) is 3.31. The summed E-state index contributed by atoms with van der Waals surface area (Å²) in [5.41, 5.74) is 0. The van der Waals surface area contributed by atoms with E-state index in [1.54, 1.807) is 6.92 Å². The molecule has 0 bridgehead atoms. The lowest BCUT2D eigenvalue weighted by atomic mass is 10.2. The van der Waals surface area contributed by atoms with Gasteiger partial charge >= 0.3 is 0 Å². The van der Waals surface area contributed by atoms with E-state index in [9.17, 15) is 8.42 Å². The summed E-state index contributed by atoms with van der Waals surface area (Å²) >= 11 is 0. The summed E-state index contributed by atoms with van der Waals surface area (Å²) in [5.74, 6) is 0.599. The minimum absolute atomic E-state index is 0.0174. The third-order valence-corrected chi connectivity index (χ3v) is 4.93. The van der Waals surface area contributed by atoms with E-state index in [0.29, 0.717) is 18.9 Å². The van der Waals surface area contributed by atoms with Gasteiger partial charge in [0.1, 0.15) is 5.82 Å². The molecular weight excluding hydrogens is 254 g/mol. The van der Waals surface area contributed by atoms with E-state index in [1.807, 2.05) is 6.92 Å². The molecule has 2 heterocycles. The van der Waals surface area contributed by atoms with Crippen LogP contribution in [0.25, 0.3) is 0 Å². The number of rotatable bonds is 5. The van der Waals surface area contributed by atoms with E-state index in [4.69, 9.17) is 4.74 Å². The van der Waals surface area contributed by atoms with Crippen molar-refractivity contribution in [2.45, 2.75) is 37.8 Å². The lowest BCUT2D eigenvalue weighted by molar-refractivity contribution is 0.0946. The molecule has 1 aliphatic heterocycles. The van der Waals surface area contributed by atoms with Crippen molar-refractivity contribution < 1.29 is 13.2 Å². The quantitative estimate of drug-likeness (QED) is 0.865. The molecule has 1 aliphatic rings. The minimum atomic E-state index is -3.48. The van der Waals surface area contributed by atoms with Crippen LogP contribution in [0.5, 0.6) is 0 Å². The van der Waals surface area contributed by atoms with Crippen molar-refractivity contribution in [2.75, 3.05) is 19.7 Å². The molecule has 18 heavy (non-hydrogen) atoms. The van der Waals surface area contributed by atoms with Gasteiger partial charge in [-0.2, -0.15) is 4.31 Å².